The number of aldehydes is 1. The number of rotatable bonds is 11. The van der Waals surface area contributed by atoms with Crippen molar-refractivity contribution in [3.05, 3.63) is 71.4 Å². The van der Waals surface area contributed by atoms with Gasteiger partial charge in [-0.3, -0.25) is 29.1 Å². The molecule has 13 nitrogen and oxygen atoms in total. The second-order valence-corrected chi connectivity index (χ2v) is 12.5. The lowest BCUT2D eigenvalue weighted by Crippen LogP contribution is -2.51. The molecule has 0 fully saturated rings. The van der Waals surface area contributed by atoms with Gasteiger partial charge in [0.2, 0.25) is 11.8 Å². The topological polar surface area (TPSA) is 184 Å². The van der Waals surface area contributed by atoms with Crippen LogP contribution in [-0.4, -0.2) is 67.7 Å². The number of aliphatic imine (C=N–C) groups is 1. The van der Waals surface area contributed by atoms with Crippen molar-refractivity contribution in [2.75, 3.05) is 16.8 Å². The molecule has 3 N–H and O–H groups in total. The van der Waals surface area contributed by atoms with Crippen molar-refractivity contribution in [1.82, 2.24) is 15.0 Å². The van der Waals surface area contributed by atoms with Crippen molar-refractivity contribution in [2.45, 2.75) is 43.6 Å². The number of carbonyl (C=O) groups is 5. The van der Waals surface area contributed by atoms with Crippen molar-refractivity contribution in [2.24, 2.45) is 4.99 Å². The van der Waals surface area contributed by atoms with E-state index in [0.717, 1.165) is 4.90 Å². The number of carbonyl (C=O) groups excluding carboxylic acids is 5. The fourth-order valence-electron chi connectivity index (χ4n) is 4.37. The van der Waals surface area contributed by atoms with E-state index < -0.39 is 46.5 Å². The minimum atomic E-state index is -4.42. The molecule has 1 unspecified atom stereocenters. The van der Waals surface area contributed by atoms with E-state index in [9.17, 15) is 32.4 Å². The number of nitrogens with zero attached hydrogens (tertiary/aromatic N) is 3. The summed E-state index contributed by atoms with van der Waals surface area (Å²) in [5.74, 6) is -2.36. The predicted molar refractivity (Wildman–Crippen MR) is 159 cm³/mol. The van der Waals surface area contributed by atoms with Crippen molar-refractivity contribution in [1.29, 1.82) is 0 Å². The van der Waals surface area contributed by atoms with Crippen molar-refractivity contribution >= 4 is 67.7 Å². The Labute approximate surface area is 251 Å². The summed E-state index contributed by atoms with van der Waals surface area (Å²) >= 11 is 0.708. The van der Waals surface area contributed by atoms with Gasteiger partial charge in [0, 0.05) is 24.5 Å². The number of anilines is 2. The van der Waals surface area contributed by atoms with Crippen LogP contribution in [0.5, 0.6) is 0 Å². The van der Waals surface area contributed by atoms with Crippen molar-refractivity contribution < 1.29 is 32.4 Å². The van der Waals surface area contributed by atoms with Crippen LogP contribution < -0.4 is 20.3 Å². The van der Waals surface area contributed by atoms with Gasteiger partial charge in [0.1, 0.15) is 18.6 Å². The molecule has 1 aliphatic heterocycles. The summed E-state index contributed by atoms with van der Waals surface area (Å²) in [5, 5.41) is 4.94. The molecule has 2 heterocycles. The smallest absolute Gasteiger partial charge is 0.268 e. The van der Waals surface area contributed by atoms with Gasteiger partial charge in [0.25, 0.3) is 15.9 Å². The highest BCUT2D eigenvalue weighted by Crippen LogP contribution is 2.30. The lowest BCUT2D eigenvalue weighted by molar-refractivity contribution is -0.126. The highest BCUT2D eigenvalue weighted by atomic mass is 32.2. The molecule has 2 aromatic carbocycles. The van der Waals surface area contributed by atoms with Crippen molar-refractivity contribution in [3.63, 3.8) is 0 Å². The van der Waals surface area contributed by atoms with Crippen molar-refractivity contribution in [3.8, 4) is 0 Å². The predicted octanol–water partition coefficient (Wildman–Crippen LogP) is 1.56. The Balaban J connectivity index is 1.77. The van der Waals surface area contributed by atoms with Gasteiger partial charge in [-0.15, -0.1) is 0 Å². The van der Waals surface area contributed by atoms with Gasteiger partial charge in [0.15, 0.2) is 15.5 Å². The molecular formula is C28H28N6O7S2. The van der Waals surface area contributed by atoms with Gasteiger partial charge in [-0.25, -0.2) is 13.4 Å². The molecule has 0 spiro atoms. The van der Waals surface area contributed by atoms with Crippen LogP contribution in [-0.2, 0) is 34.0 Å². The first-order chi connectivity index (χ1) is 20.4. The van der Waals surface area contributed by atoms with E-state index in [4.69, 9.17) is 0 Å². The Hall–Kier alpha value is -4.60. The molecule has 224 valence electrons. The number of amides is 3. The Morgan fingerprint density at radius 2 is 1.74 bits per heavy atom. The molecule has 0 aliphatic carbocycles. The number of hydrogen-bond acceptors (Lipinski definition) is 10. The fourth-order valence-corrected chi connectivity index (χ4v) is 6.93. The monoisotopic (exact) mass is 624 g/mol. The van der Waals surface area contributed by atoms with Crippen LogP contribution >= 0.6 is 11.3 Å². The van der Waals surface area contributed by atoms with Crippen LogP contribution in [0, 0.1) is 6.92 Å². The van der Waals surface area contributed by atoms with E-state index in [2.05, 4.69) is 25.3 Å². The highest BCUT2D eigenvalue weighted by Gasteiger charge is 2.37. The Bertz CT molecular complexity index is 1720. The van der Waals surface area contributed by atoms with Crippen LogP contribution in [0.3, 0.4) is 0 Å². The maximum absolute atomic E-state index is 14.0. The standard InChI is InChI=1S/C28H28N6O7S2/c1-16(36)13-20(15-35)31-23(38)14-34-22-12-8-7-11-21(22)24(19-9-5-4-6-10-19)32-25(26(34)39)33-43(40,41)27-17(2)29-28(42-27)30-18(3)37/h4-12,15,20,25,33H,13-14H2,1-3H3,(H,31,38)(H,29,30,37)/t20-,25?/m0/s1. The molecule has 1 aromatic heterocycles. The van der Waals surface area contributed by atoms with Gasteiger partial charge >= 0.3 is 0 Å². The van der Waals surface area contributed by atoms with Crippen LogP contribution in [0.15, 0.2) is 63.8 Å². The second kappa shape index (κ2) is 13.1. The average Bonchev–Trinajstić information content (AvgIpc) is 3.28. The highest BCUT2D eigenvalue weighted by molar-refractivity contribution is 7.91. The lowest BCUT2D eigenvalue weighted by Gasteiger charge is -2.25. The molecule has 2 atom stereocenters. The summed E-state index contributed by atoms with van der Waals surface area (Å²) in [7, 11) is -4.42. The maximum Gasteiger partial charge on any atom is 0.268 e. The minimum Gasteiger partial charge on any atom is -0.345 e. The van der Waals surface area contributed by atoms with Crippen LogP contribution in [0.1, 0.15) is 37.1 Å². The van der Waals surface area contributed by atoms with E-state index in [1.807, 2.05) is 0 Å². The third kappa shape index (κ3) is 7.43. The SMILES string of the molecule is CC(=O)C[C@@H](C=O)NC(=O)CN1C(=O)C(NS(=O)(=O)c2sc(NC(C)=O)nc2C)N=C(c2ccccc2)c2ccccc21. The number of nitrogens with one attached hydrogen (secondary N) is 3. The van der Waals surface area contributed by atoms with E-state index in [0.29, 0.717) is 34.5 Å². The average molecular weight is 625 g/mol. The minimum absolute atomic E-state index is 0.0621. The molecule has 4 rings (SSSR count). The normalized spacial score (nSPS) is 15.5. The zero-order valence-corrected chi connectivity index (χ0v) is 25.0. The number of aryl methyl sites for hydroxylation is 1. The van der Waals surface area contributed by atoms with Gasteiger partial charge in [-0.1, -0.05) is 59.9 Å². The van der Waals surface area contributed by atoms with Gasteiger partial charge < -0.3 is 15.4 Å². The number of aromatic nitrogens is 1. The summed E-state index contributed by atoms with van der Waals surface area (Å²) in [6.07, 6.45) is -1.51. The number of thiazole rings is 1. The quantitative estimate of drug-likeness (QED) is 0.268. The van der Waals surface area contributed by atoms with E-state index in [-0.39, 0.29) is 32.9 Å². The molecule has 0 bridgehead atoms. The number of benzene rings is 2. The zero-order valence-electron chi connectivity index (χ0n) is 23.4. The number of Topliss-reactive ketones (excluding diaryl/α,β-unsaturated/α-hetero) is 1. The molecule has 1 aliphatic rings. The first-order valence-electron chi connectivity index (χ1n) is 12.9. The molecule has 0 saturated heterocycles. The van der Waals surface area contributed by atoms with E-state index in [1.54, 1.807) is 54.6 Å². The van der Waals surface area contributed by atoms with E-state index in [1.165, 1.54) is 20.8 Å². The summed E-state index contributed by atoms with van der Waals surface area (Å²) in [4.78, 5) is 71.2. The summed E-state index contributed by atoms with van der Waals surface area (Å²) in [6.45, 7) is 3.38. The van der Waals surface area contributed by atoms with Crippen LogP contribution in [0.25, 0.3) is 0 Å². The Morgan fingerprint density at radius 1 is 1.07 bits per heavy atom. The van der Waals surface area contributed by atoms with Gasteiger partial charge in [-0.2, -0.15) is 4.72 Å². The lowest BCUT2D eigenvalue weighted by atomic mass is 10.0. The molecule has 15 heteroatoms. The first kappa shape index (κ1) is 31.3. The molecular weight excluding hydrogens is 596 g/mol. The van der Waals surface area contributed by atoms with Gasteiger partial charge in [0.05, 0.1) is 23.1 Å². The number of sulfonamides is 1. The van der Waals surface area contributed by atoms with E-state index >= 15 is 0 Å². The number of fused-ring (bicyclic) bond motifs is 1. The van der Waals surface area contributed by atoms with Gasteiger partial charge in [-0.05, 0) is 19.9 Å². The molecule has 3 aromatic rings. The molecule has 0 radical (unpaired) electrons. The number of para-hydroxylation sites is 1. The second-order valence-electron chi connectivity index (χ2n) is 9.60. The number of hydrogen-bond donors (Lipinski definition) is 3. The third-order valence-electron chi connectivity index (χ3n) is 6.12. The summed E-state index contributed by atoms with van der Waals surface area (Å²) < 4.78 is 29.2. The fraction of sp³-hybridized carbons (Fsp3) is 0.250. The Morgan fingerprint density at radius 3 is 2.40 bits per heavy atom. The summed E-state index contributed by atoms with van der Waals surface area (Å²) in [6, 6.07) is 14.4. The Kier molecular flexibility index (Phi) is 9.58. The van der Waals surface area contributed by atoms with Crippen LogP contribution in [0.4, 0.5) is 10.8 Å². The summed E-state index contributed by atoms with van der Waals surface area (Å²) in [5.41, 5.74) is 1.71. The zero-order chi connectivity index (χ0) is 31.3. The number of ketones is 1. The third-order valence-corrected chi connectivity index (χ3v) is 9.22. The largest absolute Gasteiger partial charge is 0.345 e. The molecule has 0 saturated carbocycles. The number of benzodiazepines with no additional fused rings is 1. The molecule has 43 heavy (non-hydrogen) atoms. The first-order valence-corrected chi connectivity index (χ1v) is 15.2. The van der Waals surface area contributed by atoms with Crippen LogP contribution in [0.2, 0.25) is 0 Å². The molecule has 3 amide bonds. The maximum atomic E-state index is 14.0.